The van der Waals surface area contributed by atoms with Crippen molar-refractivity contribution in [1.82, 2.24) is 10.6 Å². The number of ether oxygens (including phenoxy) is 2. The average molecular weight is 361 g/mol. The topological polar surface area (TPSA) is 54.9 Å². The summed E-state index contributed by atoms with van der Waals surface area (Å²) < 4.78 is 45.8. The van der Waals surface area contributed by atoms with Crippen molar-refractivity contribution in [2.75, 3.05) is 33.4 Å². The maximum atomic E-state index is 12.0. The van der Waals surface area contributed by atoms with Crippen LogP contribution in [0.2, 0.25) is 0 Å². The zero-order valence-electron chi connectivity index (χ0n) is 14.9. The summed E-state index contributed by atoms with van der Waals surface area (Å²) in [5.41, 5.74) is 2.06. The Morgan fingerprint density at radius 2 is 2.00 bits per heavy atom. The number of benzene rings is 1. The molecule has 0 amide bonds. The fourth-order valence-electron chi connectivity index (χ4n) is 2.06. The van der Waals surface area contributed by atoms with E-state index in [2.05, 4.69) is 20.4 Å². The van der Waals surface area contributed by atoms with Crippen LogP contribution in [-0.2, 0) is 11.3 Å². The second kappa shape index (κ2) is 10.8. The molecule has 142 valence electrons. The molecule has 0 unspecified atom stereocenters. The lowest BCUT2D eigenvalue weighted by atomic mass is 10.1. The summed E-state index contributed by atoms with van der Waals surface area (Å²) in [5.74, 6) is 1.38. The van der Waals surface area contributed by atoms with Crippen LogP contribution in [0.5, 0.6) is 5.75 Å². The molecule has 2 N–H and O–H groups in total. The standard InChI is InChI=1S/C17H26F3N3O2/c1-4-21-16(22-8-5-9-25-12-17(18,19)20)23-11-14-7-6-13(2)10-15(14)24-3/h6-7,10H,4-5,8-9,11-12H2,1-3H3,(H2,21,22,23). The first kappa shape index (κ1) is 21.1. The Morgan fingerprint density at radius 3 is 2.64 bits per heavy atom. The van der Waals surface area contributed by atoms with Gasteiger partial charge in [-0.15, -0.1) is 0 Å². The number of hydrogen-bond donors (Lipinski definition) is 2. The lowest BCUT2D eigenvalue weighted by Crippen LogP contribution is -2.38. The number of nitrogens with one attached hydrogen (secondary N) is 2. The molecule has 0 bridgehead atoms. The summed E-state index contributed by atoms with van der Waals surface area (Å²) in [6, 6.07) is 5.90. The lowest BCUT2D eigenvalue weighted by Gasteiger charge is -2.13. The Labute approximate surface area is 146 Å². The number of aliphatic imine (C=N–C) groups is 1. The molecule has 5 nitrogen and oxygen atoms in total. The number of alkyl halides is 3. The summed E-state index contributed by atoms with van der Waals surface area (Å²) in [4.78, 5) is 4.47. The zero-order valence-corrected chi connectivity index (χ0v) is 14.9. The van der Waals surface area contributed by atoms with E-state index in [1.165, 1.54) is 0 Å². The highest BCUT2D eigenvalue weighted by Gasteiger charge is 2.27. The van der Waals surface area contributed by atoms with Gasteiger partial charge in [-0.1, -0.05) is 12.1 Å². The SMILES string of the molecule is CCNC(=NCc1ccc(C)cc1OC)NCCCOCC(F)(F)F. The molecular weight excluding hydrogens is 335 g/mol. The van der Waals surface area contributed by atoms with E-state index in [4.69, 9.17) is 4.74 Å². The number of aryl methyl sites for hydroxylation is 1. The van der Waals surface area contributed by atoms with Crippen molar-refractivity contribution in [3.05, 3.63) is 29.3 Å². The molecule has 0 aromatic heterocycles. The molecule has 25 heavy (non-hydrogen) atoms. The molecule has 8 heteroatoms. The summed E-state index contributed by atoms with van der Waals surface area (Å²) in [7, 11) is 1.62. The third-order valence-electron chi connectivity index (χ3n) is 3.22. The van der Waals surface area contributed by atoms with Crippen molar-refractivity contribution >= 4 is 5.96 Å². The number of guanidine groups is 1. The van der Waals surface area contributed by atoms with Crippen molar-refractivity contribution < 1.29 is 22.6 Å². The summed E-state index contributed by atoms with van der Waals surface area (Å²) in [5, 5.41) is 6.17. The highest BCUT2D eigenvalue weighted by molar-refractivity contribution is 5.79. The molecule has 1 rings (SSSR count). The van der Waals surface area contributed by atoms with E-state index in [0.29, 0.717) is 32.0 Å². The predicted octanol–water partition coefficient (Wildman–Crippen LogP) is 3.03. The Morgan fingerprint density at radius 1 is 1.24 bits per heavy atom. The van der Waals surface area contributed by atoms with E-state index >= 15 is 0 Å². The largest absolute Gasteiger partial charge is 0.496 e. The summed E-state index contributed by atoms with van der Waals surface area (Å²) in [6.07, 6.45) is -3.83. The molecule has 0 aliphatic rings. The van der Waals surface area contributed by atoms with Crippen LogP contribution in [0, 0.1) is 6.92 Å². The smallest absolute Gasteiger partial charge is 0.411 e. The number of hydrogen-bond acceptors (Lipinski definition) is 3. The van der Waals surface area contributed by atoms with E-state index in [1.807, 2.05) is 32.0 Å². The monoisotopic (exact) mass is 361 g/mol. The van der Waals surface area contributed by atoms with Crippen LogP contribution in [0.25, 0.3) is 0 Å². The highest BCUT2D eigenvalue weighted by Crippen LogP contribution is 2.20. The van der Waals surface area contributed by atoms with Crippen LogP contribution in [0.4, 0.5) is 13.2 Å². The van der Waals surface area contributed by atoms with Crippen LogP contribution < -0.4 is 15.4 Å². The molecule has 0 radical (unpaired) electrons. The van der Waals surface area contributed by atoms with Crippen LogP contribution in [0.1, 0.15) is 24.5 Å². The van der Waals surface area contributed by atoms with Crippen molar-refractivity contribution in [1.29, 1.82) is 0 Å². The van der Waals surface area contributed by atoms with Crippen molar-refractivity contribution in [2.24, 2.45) is 4.99 Å². The Kier molecular flexibility index (Phi) is 9.12. The molecule has 0 saturated carbocycles. The summed E-state index contributed by atoms with van der Waals surface area (Å²) in [6.45, 7) is 4.34. The first-order valence-electron chi connectivity index (χ1n) is 8.16. The Balaban J connectivity index is 2.46. The fraction of sp³-hybridized carbons (Fsp3) is 0.588. The van der Waals surface area contributed by atoms with Gasteiger partial charge in [0.05, 0.1) is 13.7 Å². The first-order chi connectivity index (χ1) is 11.9. The highest BCUT2D eigenvalue weighted by atomic mass is 19.4. The molecule has 0 fully saturated rings. The normalized spacial score (nSPS) is 12.2. The third kappa shape index (κ3) is 9.19. The van der Waals surface area contributed by atoms with Gasteiger partial charge in [-0.05, 0) is 31.9 Å². The minimum Gasteiger partial charge on any atom is -0.496 e. The first-order valence-corrected chi connectivity index (χ1v) is 8.16. The van der Waals surface area contributed by atoms with Gasteiger partial charge < -0.3 is 20.1 Å². The van der Waals surface area contributed by atoms with Gasteiger partial charge in [-0.2, -0.15) is 13.2 Å². The quantitative estimate of drug-likeness (QED) is 0.403. The molecule has 0 atom stereocenters. The van der Waals surface area contributed by atoms with Crippen LogP contribution in [0.3, 0.4) is 0 Å². The van der Waals surface area contributed by atoms with Gasteiger partial charge in [0.1, 0.15) is 12.4 Å². The lowest BCUT2D eigenvalue weighted by molar-refractivity contribution is -0.173. The zero-order chi connectivity index (χ0) is 18.7. The van der Waals surface area contributed by atoms with Crippen LogP contribution >= 0.6 is 0 Å². The van der Waals surface area contributed by atoms with E-state index < -0.39 is 12.8 Å². The van der Waals surface area contributed by atoms with Crippen molar-refractivity contribution in [3.63, 3.8) is 0 Å². The van der Waals surface area contributed by atoms with Crippen LogP contribution in [0.15, 0.2) is 23.2 Å². The summed E-state index contributed by atoms with van der Waals surface area (Å²) >= 11 is 0. The van der Waals surface area contributed by atoms with Crippen molar-refractivity contribution in [2.45, 2.75) is 33.0 Å². The van der Waals surface area contributed by atoms with E-state index in [9.17, 15) is 13.2 Å². The number of methoxy groups -OCH3 is 1. The molecular formula is C17H26F3N3O2. The minimum atomic E-state index is -4.28. The Hall–Kier alpha value is -1.96. The van der Waals surface area contributed by atoms with Gasteiger partial charge >= 0.3 is 6.18 Å². The molecule has 0 saturated heterocycles. The molecule has 0 spiro atoms. The number of halogens is 3. The molecule has 0 aliphatic carbocycles. The van der Waals surface area contributed by atoms with Gasteiger partial charge in [0, 0.05) is 25.3 Å². The fourth-order valence-corrected chi connectivity index (χ4v) is 2.06. The predicted molar refractivity (Wildman–Crippen MR) is 92.0 cm³/mol. The number of rotatable bonds is 9. The molecule has 1 aromatic carbocycles. The number of nitrogens with zero attached hydrogens (tertiary/aromatic N) is 1. The second-order valence-electron chi connectivity index (χ2n) is 5.46. The van der Waals surface area contributed by atoms with Crippen LogP contribution in [-0.4, -0.2) is 45.5 Å². The van der Waals surface area contributed by atoms with Crippen molar-refractivity contribution in [3.8, 4) is 5.75 Å². The molecule has 1 aromatic rings. The molecule has 0 aliphatic heterocycles. The van der Waals surface area contributed by atoms with Gasteiger partial charge in [0.25, 0.3) is 0 Å². The van der Waals surface area contributed by atoms with Gasteiger partial charge in [-0.3, -0.25) is 0 Å². The second-order valence-corrected chi connectivity index (χ2v) is 5.46. The van der Waals surface area contributed by atoms with E-state index in [0.717, 1.165) is 16.9 Å². The van der Waals surface area contributed by atoms with E-state index in [1.54, 1.807) is 7.11 Å². The molecule has 0 heterocycles. The maximum absolute atomic E-state index is 12.0. The maximum Gasteiger partial charge on any atom is 0.411 e. The van der Waals surface area contributed by atoms with Gasteiger partial charge in [0.15, 0.2) is 5.96 Å². The van der Waals surface area contributed by atoms with Gasteiger partial charge in [0.2, 0.25) is 0 Å². The Bertz CT molecular complexity index is 548. The minimum absolute atomic E-state index is 0.0394. The van der Waals surface area contributed by atoms with Gasteiger partial charge in [-0.25, -0.2) is 4.99 Å². The van der Waals surface area contributed by atoms with E-state index in [-0.39, 0.29) is 6.61 Å². The average Bonchev–Trinajstić information content (AvgIpc) is 2.55. The third-order valence-corrected chi connectivity index (χ3v) is 3.22.